The molecule has 2 atom stereocenters. The van der Waals surface area contributed by atoms with E-state index in [9.17, 15) is 9.90 Å². The lowest BCUT2D eigenvalue weighted by Gasteiger charge is -2.14. The lowest BCUT2D eigenvalue weighted by molar-refractivity contribution is -0.119. The zero-order valence-corrected chi connectivity index (χ0v) is 9.23. The molecule has 1 saturated heterocycles. The van der Waals surface area contributed by atoms with Gasteiger partial charge in [-0.25, -0.2) is 0 Å². The van der Waals surface area contributed by atoms with E-state index in [2.05, 4.69) is 10.6 Å². The van der Waals surface area contributed by atoms with Crippen LogP contribution in [0.15, 0.2) is 24.3 Å². The van der Waals surface area contributed by atoms with Crippen molar-refractivity contribution in [3.05, 3.63) is 29.8 Å². The summed E-state index contributed by atoms with van der Waals surface area (Å²) >= 11 is 0. The maximum atomic E-state index is 11.8. The predicted molar refractivity (Wildman–Crippen MR) is 62.2 cm³/mol. The molecule has 4 heteroatoms. The highest BCUT2D eigenvalue weighted by molar-refractivity contribution is 5.95. The quantitative estimate of drug-likeness (QED) is 0.686. The monoisotopic (exact) mass is 220 g/mol. The van der Waals surface area contributed by atoms with Crippen molar-refractivity contribution < 1.29 is 9.90 Å². The highest BCUT2D eigenvalue weighted by atomic mass is 16.3. The zero-order chi connectivity index (χ0) is 11.5. The van der Waals surface area contributed by atoms with E-state index >= 15 is 0 Å². The molecule has 0 aromatic heterocycles. The van der Waals surface area contributed by atoms with Crippen molar-refractivity contribution in [3.63, 3.8) is 0 Å². The average Bonchev–Trinajstić information content (AvgIpc) is 2.64. The van der Waals surface area contributed by atoms with Crippen LogP contribution < -0.4 is 10.6 Å². The minimum atomic E-state index is -0.579. The molecule has 0 unspecified atom stereocenters. The summed E-state index contributed by atoms with van der Waals surface area (Å²) in [7, 11) is 0. The Hall–Kier alpha value is -1.39. The summed E-state index contributed by atoms with van der Waals surface area (Å²) < 4.78 is 0. The van der Waals surface area contributed by atoms with Gasteiger partial charge in [0.2, 0.25) is 5.91 Å². The van der Waals surface area contributed by atoms with Crippen molar-refractivity contribution in [1.29, 1.82) is 0 Å². The summed E-state index contributed by atoms with van der Waals surface area (Å²) in [6, 6.07) is 7.12. The van der Waals surface area contributed by atoms with Crippen LogP contribution in [0.2, 0.25) is 0 Å². The lowest BCUT2D eigenvalue weighted by Crippen LogP contribution is -2.42. The molecule has 3 N–H and O–H groups in total. The molecule has 16 heavy (non-hydrogen) atoms. The number of aryl methyl sites for hydroxylation is 1. The lowest BCUT2D eigenvalue weighted by atomic mass is 10.1. The smallest absolute Gasteiger partial charge is 0.244 e. The number of aliphatic hydroxyl groups excluding tert-OH is 1. The van der Waals surface area contributed by atoms with E-state index in [0.717, 1.165) is 11.3 Å². The molecule has 86 valence electrons. The number of anilines is 1. The molecule has 4 nitrogen and oxygen atoms in total. The van der Waals surface area contributed by atoms with Gasteiger partial charge in [0.05, 0.1) is 6.10 Å². The Kier molecular flexibility index (Phi) is 3.22. The zero-order valence-electron chi connectivity index (χ0n) is 9.23. The van der Waals surface area contributed by atoms with Crippen molar-refractivity contribution >= 4 is 11.6 Å². The molecule has 0 radical (unpaired) electrons. The fourth-order valence-electron chi connectivity index (χ4n) is 1.90. The topological polar surface area (TPSA) is 61.4 Å². The van der Waals surface area contributed by atoms with Crippen LogP contribution in [-0.4, -0.2) is 29.7 Å². The molecule has 2 rings (SSSR count). The van der Waals surface area contributed by atoms with Crippen molar-refractivity contribution in [2.45, 2.75) is 25.5 Å². The van der Waals surface area contributed by atoms with E-state index in [1.54, 1.807) is 0 Å². The number of benzene rings is 1. The second-order valence-corrected chi connectivity index (χ2v) is 4.15. The summed E-state index contributed by atoms with van der Waals surface area (Å²) in [5.41, 5.74) is 1.86. The van der Waals surface area contributed by atoms with Gasteiger partial charge in [0.1, 0.15) is 6.04 Å². The third kappa shape index (κ3) is 2.40. The Bertz CT molecular complexity index is 392. The van der Waals surface area contributed by atoms with Crippen LogP contribution in [0.1, 0.15) is 12.0 Å². The number of aliphatic hydroxyl groups is 1. The van der Waals surface area contributed by atoms with Gasteiger partial charge in [-0.3, -0.25) is 4.79 Å². The first-order valence-corrected chi connectivity index (χ1v) is 5.46. The van der Waals surface area contributed by atoms with E-state index in [4.69, 9.17) is 0 Å². The van der Waals surface area contributed by atoms with Crippen molar-refractivity contribution in [2.75, 3.05) is 11.9 Å². The van der Waals surface area contributed by atoms with Gasteiger partial charge in [0.25, 0.3) is 0 Å². The molecule has 0 saturated carbocycles. The molecule has 1 fully saturated rings. The fourth-order valence-corrected chi connectivity index (χ4v) is 1.90. The summed E-state index contributed by atoms with van der Waals surface area (Å²) in [5.74, 6) is -0.171. The predicted octanol–water partition coefficient (Wildman–Crippen LogP) is 0.656. The third-order valence-electron chi connectivity index (χ3n) is 2.76. The normalized spacial score (nSPS) is 24.4. The first kappa shape index (κ1) is 11.1. The van der Waals surface area contributed by atoms with Gasteiger partial charge in [-0.2, -0.15) is 0 Å². The first-order valence-electron chi connectivity index (χ1n) is 5.46. The number of rotatable bonds is 2. The van der Waals surface area contributed by atoms with Gasteiger partial charge in [-0.1, -0.05) is 12.1 Å². The molecular weight excluding hydrogens is 204 g/mol. The van der Waals surface area contributed by atoms with Crippen molar-refractivity contribution in [1.82, 2.24) is 5.32 Å². The molecule has 0 bridgehead atoms. The van der Waals surface area contributed by atoms with E-state index in [0.29, 0.717) is 13.0 Å². The van der Waals surface area contributed by atoms with E-state index < -0.39 is 12.1 Å². The molecule has 1 aromatic rings. The van der Waals surface area contributed by atoms with Crippen LogP contribution in [0, 0.1) is 6.92 Å². The maximum absolute atomic E-state index is 11.8. The summed E-state index contributed by atoms with van der Waals surface area (Å²) in [6.07, 6.45) is 0.0520. The van der Waals surface area contributed by atoms with Crippen LogP contribution in [-0.2, 0) is 4.79 Å². The molecular formula is C12H16N2O2. The second-order valence-electron chi connectivity index (χ2n) is 4.15. The molecule has 1 aromatic carbocycles. The number of amides is 1. The van der Waals surface area contributed by atoms with Crippen LogP contribution in [0.25, 0.3) is 0 Å². The summed E-state index contributed by atoms with van der Waals surface area (Å²) in [4.78, 5) is 11.8. The molecule has 0 aliphatic carbocycles. The average molecular weight is 220 g/mol. The SMILES string of the molecule is Cc1cccc(NC(=O)[C@H]2NCC[C@@H]2O)c1. The van der Waals surface area contributed by atoms with E-state index in [1.165, 1.54) is 0 Å². The Labute approximate surface area is 94.7 Å². The number of hydrogen-bond donors (Lipinski definition) is 3. The Morgan fingerprint density at radius 2 is 2.38 bits per heavy atom. The van der Waals surface area contributed by atoms with E-state index in [1.807, 2.05) is 31.2 Å². The van der Waals surface area contributed by atoms with Crippen LogP contribution in [0.3, 0.4) is 0 Å². The van der Waals surface area contributed by atoms with Crippen molar-refractivity contribution in [2.24, 2.45) is 0 Å². The third-order valence-corrected chi connectivity index (χ3v) is 2.76. The number of nitrogens with one attached hydrogen (secondary N) is 2. The molecule has 1 heterocycles. The Morgan fingerprint density at radius 1 is 1.56 bits per heavy atom. The standard InChI is InChI=1S/C12H16N2O2/c1-8-3-2-4-9(7-8)14-12(16)11-10(15)5-6-13-11/h2-4,7,10-11,13,15H,5-6H2,1H3,(H,14,16)/t10-,11-/m0/s1. The van der Waals surface area contributed by atoms with Crippen LogP contribution in [0.5, 0.6) is 0 Å². The summed E-state index contributed by atoms with van der Waals surface area (Å²) in [5, 5.41) is 15.3. The minimum Gasteiger partial charge on any atom is -0.391 e. The first-order chi connectivity index (χ1) is 7.66. The Morgan fingerprint density at radius 3 is 3.00 bits per heavy atom. The fraction of sp³-hybridized carbons (Fsp3) is 0.417. The highest BCUT2D eigenvalue weighted by Crippen LogP contribution is 2.13. The molecule has 0 spiro atoms. The number of carbonyl (C=O) groups excluding carboxylic acids is 1. The van der Waals surface area contributed by atoms with E-state index in [-0.39, 0.29) is 5.91 Å². The van der Waals surface area contributed by atoms with Gasteiger partial charge < -0.3 is 15.7 Å². The largest absolute Gasteiger partial charge is 0.391 e. The van der Waals surface area contributed by atoms with Crippen molar-refractivity contribution in [3.8, 4) is 0 Å². The molecule has 1 aliphatic rings. The maximum Gasteiger partial charge on any atom is 0.244 e. The van der Waals surface area contributed by atoms with Crippen LogP contribution >= 0.6 is 0 Å². The van der Waals surface area contributed by atoms with Gasteiger partial charge >= 0.3 is 0 Å². The second kappa shape index (κ2) is 4.63. The highest BCUT2D eigenvalue weighted by Gasteiger charge is 2.30. The number of carbonyl (C=O) groups is 1. The molecule has 1 amide bonds. The molecule has 1 aliphatic heterocycles. The van der Waals surface area contributed by atoms with Gasteiger partial charge in [0.15, 0.2) is 0 Å². The summed E-state index contributed by atoms with van der Waals surface area (Å²) in [6.45, 7) is 2.66. The van der Waals surface area contributed by atoms with Crippen LogP contribution in [0.4, 0.5) is 5.69 Å². The minimum absolute atomic E-state index is 0.171. The Balaban J connectivity index is 2.02. The number of hydrogen-bond acceptors (Lipinski definition) is 3. The van der Waals surface area contributed by atoms with Gasteiger partial charge in [-0.05, 0) is 37.6 Å². The van der Waals surface area contributed by atoms with Gasteiger partial charge in [0, 0.05) is 5.69 Å². The van der Waals surface area contributed by atoms with Gasteiger partial charge in [-0.15, -0.1) is 0 Å².